The van der Waals surface area contributed by atoms with E-state index in [-0.39, 0.29) is 36.2 Å². The van der Waals surface area contributed by atoms with Crippen LogP contribution in [0.5, 0.6) is 0 Å². The molecule has 0 spiro atoms. The highest BCUT2D eigenvalue weighted by Crippen LogP contribution is 2.43. The number of hydrogen-bond acceptors (Lipinski definition) is 7. The van der Waals surface area contributed by atoms with Crippen molar-refractivity contribution in [1.29, 1.82) is 0 Å². The standard InChI is InChI=1S/C39H36N2O6S/c1-25-34(24-48-37-33(38(44)45)14-7-19-40-37)46-39(47-35(25)28-17-15-26(23-42)16-18-28)32-13-6-12-31(21-32)30-11-5-8-27(20-30)22-41-36(43)29-9-3-2-4-10-29/h2-21,25,34-35,39,42H,22-24H2,1H3,(H,41,43)(H,44,45). The van der Waals surface area contributed by atoms with Gasteiger partial charge in [0.1, 0.15) is 5.03 Å². The van der Waals surface area contributed by atoms with Crippen LogP contribution in [0, 0.1) is 5.92 Å². The van der Waals surface area contributed by atoms with Gasteiger partial charge in [0, 0.05) is 35.5 Å². The summed E-state index contributed by atoms with van der Waals surface area (Å²) < 4.78 is 13.3. The van der Waals surface area contributed by atoms with Crippen molar-refractivity contribution in [3.8, 4) is 11.1 Å². The van der Waals surface area contributed by atoms with Crippen LogP contribution in [0.15, 0.2) is 126 Å². The van der Waals surface area contributed by atoms with Gasteiger partial charge in [0.25, 0.3) is 5.91 Å². The number of carbonyl (C=O) groups excluding carboxylic acids is 1. The lowest BCUT2D eigenvalue weighted by atomic mass is 9.91. The minimum Gasteiger partial charge on any atom is -0.478 e. The number of nitrogens with one attached hydrogen (secondary N) is 1. The summed E-state index contributed by atoms with van der Waals surface area (Å²) in [6, 6.07) is 36.1. The Kier molecular flexibility index (Phi) is 10.6. The average Bonchev–Trinajstić information content (AvgIpc) is 3.14. The van der Waals surface area contributed by atoms with Gasteiger partial charge in [0.05, 0.1) is 24.4 Å². The summed E-state index contributed by atoms with van der Waals surface area (Å²) in [5, 5.41) is 22.7. The first-order valence-corrected chi connectivity index (χ1v) is 16.7. The molecule has 4 unspecified atom stereocenters. The normalized spacial score (nSPS) is 19.0. The number of pyridine rings is 1. The summed E-state index contributed by atoms with van der Waals surface area (Å²) >= 11 is 1.36. The fraction of sp³-hybridized carbons (Fsp3) is 0.205. The molecule has 0 saturated carbocycles. The SMILES string of the molecule is CC1C(CSc2ncccc2C(=O)O)OC(c2cccc(-c3cccc(CNC(=O)c4ccccc4)c3)c2)OC1c1ccc(CO)cc1. The molecule has 1 fully saturated rings. The number of rotatable bonds is 11. The van der Waals surface area contributed by atoms with Crippen molar-refractivity contribution in [2.45, 2.75) is 43.6 Å². The Bertz CT molecular complexity index is 1870. The van der Waals surface area contributed by atoms with Crippen molar-refractivity contribution >= 4 is 23.6 Å². The van der Waals surface area contributed by atoms with Crippen molar-refractivity contribution in [1.82, 2.24) is 10.3 Å². The van der Waals surface area contributed by atoms with Crippen LogP contribution in [0.4, 0.5) is 0 Å². The maximum atomic E-state index is 12.6. The van der Waals surface area contributed by atoms with Gasteiger partial charge < -0.3 is 25.0 Å². The van der Waals surface area contributed by atoms with Gasteiger partial charge in [-0.1, -0.05) is 85.8 Å². The molecule has 1 aliphatic rings. The monoisotopic (exact) mass is 660 g/mol. The number of aromatic nitrogens is 1. The van der Waals surface area contributed by atoms with Gasteiger partial charge in [-0.05, 0) is 64.2 Å². The van der Waals surface area contributed by atoms with Crippen LogP contribution in [0.1, 0.15) is 62.3 Å². The predicted octanol–water partition coefficient (Wildman–Crippen LogP) is 7.45. The van der Waals surface area contributed by atoms with E-state index in [9.17, 15) is 19.8 Å². The molecule has 3 N–H and O–H groups in total. The second-order valence-corrected chi connectivity index (χ2v) is 12.7. The van der Waals surface area contributed by atoms with Crippen molar-refractivity contribution in [3.05, 3.63) is 155 Å². The molecule has 8 nitrogen and oxygen atoms in total. The molecular formula is C39H36N2O6S. The van der Waals surface area contributed by atoms with Crippen molar-refractivity contribution in [2.75, 3.05) is 5.75 Å². The van der Waals surface area contributed by atoms with Crippen molar-refractivity contribution in [2.24, 2.45) is 5.92 Å². The second-order valence-electron chi connectivity index (χ2n) is 11.7. The summed E-state index contributed by atoms with van der Waals surface area (Å²) in [5.74, 6) is -0.748. The Morgan fingerprint density at radius 1 is 0.812 bits per heavy atom. The molecule has 4 aromatic carbocycles. The maximum Gasteiger partial charge on any atom is 0.338 e. The van der Waals surface area contributed by atoms with Crippen LogP contribution < -0.4 is 5.32 Å². The second kappa shape index (κ2) is 15.4. The van der Waals surface area contributed by atoms with E-state index in [0.29, 0.717) is 22.9 Å². The van der Waals surface area contributed by atoms with Gasteiger partial charge in [-0.15, -0.1) is 11.8 Å². The fourth-order valence-corrected chi connectivity index (χ4v) is 6.89. The third kappa shape index (κ3) is 7.83. The highest BCUT2D eigenvalue weighted by atomic mass is 32.2. The molecular weight excluding hydrogens is 625 g/mol. The Morgan fingerprint density at radius 2 is 1.56 bits per heavy atom. The highest BCUT2D eigenvalue weighted by Gasteiger charge is 2.38. The molecule has 48 heavy (non-hydrogen) atoms. The van der Waals surface area contributed by atoms with E-state index >= 15 is 0 Å². The maximum absolute atomic E-state index is 12.6. The van der Waals surface area contributed by atoms with Gasteiger partial charge in [-0.3, -0.25) is 4.79 Å². The molecule has 4 atom stereocenters. The summed E-state index contributed by atoms with van der Waals surface area (Å²) in [4.78, 5) is 28.7. The van der Waals surface area contributed by atoms with Gasteiger partial charge in [-0.25, -0.2) is 9.78 Å². The molecule has 0 aliphatic carbocycles. The molecule has 0 bridgehead atoms. The van der Waals surface area contributed by atoms with Crippen molar-refractivity contribution < 1.29 is 29.3 Å². The number of carboxylic acids is 1. The van der Waals surface area contributed by atoms with E-state index < -0.39 is 12.3 Å². The summed E-state index contributed by atoms with van der Waals surface area (Å²) in [6.07, 6.45) is 0.296. The van der Waals surface area contributed by atoms with Crippen LogP contribution >= 0.6 is 11.8 Å². The van der Waals surface area contributed by atoms with Gasteiger partial charge >= 0.3 is 5.97 Å². The van der Waals surface area contributed by atoms with E-state index in [1.54, 1.807) is 30.5 Å². The number of ether oxygens (including phenoxy) is 2. The number of aliphatic hydroxyl groups is 1. The molecule has 1 aromatic heterocycles. The Hall–Kier alpha value is -4.80. The fourth-order valence-electron chi connectivity index (χ4n) is 5.74. The third-order valence-corrected chi connectivity index (χ3v) is 9.51. The van der Waals surface area contributed by atoms with Crippen LogP contribution in [-0.2, 0) is 22.6 Å². The molecule has 1 saturated heterocycles. The molecule has 1 aliphatic heterocycles. The number of benzene rings is 4. The molecule has 244 valence electrons. The number of amides is 1. The van der Waals surface area contributed by atoms with E-state index in [1.807, 2.05) is 78.9 Å². The van der Waals surface area contributed by atoms with Crippen LogP contribution in [0.25, 0.3) is 11.1 Å². The number of thioether (sulfide) groups is 1. The zero-order valence-electron chi connectivity index (χ0n) is 26.4. The minimum absolute atomic E-state index is 0.0459. The molecule has 2 heterocycles. The summed E-state index contributed by atoms with van der Waals surface area (Å²) in [5.41, 5.74) is 6.34. The summed E-state index contributed by atoms with van der Waals surface area (Å²) in [7, 11) is 0. The smallest absolute Gasteiger partial charge is 0.338 e. The predicted molar refractivity (Wildman–Crippen MR) is 184 cm³/mol. The van der Waals surface area contributed by atoms with E-state index in [4.69, 9.17) is 9.47 Å². The Balaban J connectivity index is 1.24. The lowest BCUT2D eigenvalue weighted by molar-refractivity contribution is -0.268. The number of aromatic carboxylic acids is 1. The van der Waals surface area contributed by atoms with E-state index in [2.05, 4.69) is 29.4 Å². The number of nitrogens with zero attached hydrogens (tertiary/aromatic N) is 1. The molecule has 9 heteroatoms. The van der Waals surface area contributed by atoms with Gasteiger partial charge in [0.15, 0.2) is 6.29 Å². The Morgan fingerprint density at radius 3 is 2.31 bits per heavy atom. The number of carboxylic acid groups (broad SMARTS) is 1. The average molecular weight is 661 g/mol. The molecule has 5 aromatic rings. The van der Waals surface area contributed by atoms with Gasteiger partial charge in [-0.2, -0.15) is 0 Å². The molecule has 6 rings (SSSR count). The van der Waals surface area contributed by atoms with Crippen LogP contribution in [0.2, 0.25) is 0 Å². The quantitative estimate of drug-likeness (QED) is 0.125. The Labute approximate surface area is 283 Å². The highest BCUT2D eigenvalue weighted by molar-refractivity contribution is 7.99. The van der Waals surface area contributed by atoms with Gasteiger partial charge in [0.2, 0.25) is 0 Å². The zero-order valence-corrected chi connectivity index (χ0v) is 27.2. The van der Waals surface area contributed by atoms with Crippen LogP contribution in [-0.4, -0.2) is 38.9 Å². The number of hydrogen-bond donors (Lipinski definition) is 3. The largest absolute Gasteiger partial charge is 0.478 e. The zero-order chi connectivity index (χ0) is 33.5. The van der Waals surface area contributed by atoms with Crippen LogP contribution in [0.3, 0.4) is 0 Å². The molecule has 1 amide bonds. The lowest BCUT2D eigenvalue weighted by Crippen LogP contribution is -2.38. The lowest BCUT2D eigenvalue weighted by Gasteiger charge is -2.41. The minimum atomic E-state index is -1.02. The summed E-state index contributed by atoms with van der Waals surface area (Å²) in [6.45, 7) is 2.42. The first-order chi connectivity index (χ1) is 23.4. The first kappa shape index (κ1) is 33.1. The molecule has 0 radical (unpaired) electrons. The van der Waals surface area contributed by atoms with E-state index in [0.717, 1.165) is 33.4 Å². The first-order valence-electron chi connectivity index (χ1n) is 15.7. The number of carbonyl (C=O) groups is 2. The topological polar surface area (TPSA) is 118 Å². The van der Waals surface area contributed by atoms with Crippen molar-refractivity contribution in [3.63, 3.8) is 0 Å². The third-order valence-electron chi connectivity index (χ3n) is 8.42. The van der Waals surface area contributed by atoms with E-state index in [1.165, 1.54) is 11.8 Å². The number of aliphatic hydroxyl groups excluding tert-OH is 1.